The molecule has 0 radical (unpaired) electrons. The molecule has 0 aliphatic heterocycles. The number of rotatable bonds is 6. The van der Waals surface area contributed by atoms with Gasteiger partial charge in [0.05, 0.1) is 11.3 Å². The summed E-state index contributed by atoms with van der Waals surface area (Å²) >= 11 is 0. The van der Waals surface area contributed by atoms with Gasteiger partial charge in [0.15, 0.2) is 0 Å². The van der Waals surface area contributed by atoms with Gasteiger partial charge in [-0.1, -0.05) is 25.5 Å². The Morgan fingerprint density at radius 3 is 2.30 bits per heavy atom. The zero-order valence-corrected chi connectivity index (χ0v) is 13.5. The molecule has 1 aromatic carbocycles. The molecule has 7 heteroatoms. The molecule has 0 spiro atoms. The van der Waals surface area contributed by atoms with Crippen LogP contribution in [-0.4, -0.2) is 36.9 Å². The number of hydrogen-bond acceptors (Lipinski definition) is 2. The lowest BCUT2D eigenvalue weighted by molar-refractivity contribution is -0.137. The van der Waals surface area contributed by atoms with E-state index in [0.29, 0.717) is 6.54 Å². The van der Waals surface area contributed by atoms with E-state index in [2.05, 4.69) is 0 Å². The molecule has 1 rings (SSSR count). The molecular weight excluding hydrogens is 309 g/mol. The van der Waals surface area contributed by atoms with E-state index in [1.807, 2.05) is 6.92 Å². The van der Waals surface area contributed by atoms with Crippen molar-refractivity contribution < 1.29 is 22.8 Å². The number of anilines is 1. The fourth-order valence-electron chi connectivity index (χ4n) is 2.09. The van der Waals surface area contributed by atoms with Gasteiger partial charge in [-0.25, -0.2) is 0 Å². The SMILES string of the molecule is CCCCN(C)C(=O)CN(C(C)=O)c1ccccc1C(F)(F)F. The molecule has 2 amide bonds. The summed E-state index contributed by atoms with van der Waals surface area (Å²) < 4.78 is 39.3. The fourth-order valence-corrected chi connectivity index (χ4v) is 2.09. The van der Waals surface area contributed by atoms with Gasteiger partial charge < -0.3 is 9.80 Å². The number of likely N-dealkylation sites (N-methyl/N-ethyl adjacent to an activating group) is 1. The van der Waals surface area contributed by atoms with Crippen LogP contribution in [0.5, 0.6) is 0 Å². The summed E-state index contributed by atoms with van der Waals surface area (Å²) in [5.74, 6) is -1.01. The highest BCUT2D eigenvalue weighted by atomic mass is 19.4. The number of halogens is 3. The Kier molecular flexibility index (Phi) is 6.60. The summed E-state index contributed by atoms with van der Waals surface area (Å²) in [7, 11) is 1.58. The summed E-state index contributed by atoms with van der Waals surface area (Å²) in [5.41, 5.74) is -1.23. The largest absolute Gasteiger partial charge is 0.418 e. The normalized spacial score (nSPS) is 11.2. The number of benzene rings is 1. The fraction of sp³-hybridized carbons (Fsp3) is 0.500. The molecule has 0 saturated heterocycles. The molecule has 0 bridgehead atoms. The quantitative estimate of drug-likeness (QED) is 0.803. The predicted molar refractivity (Wildman–Crippen MR) is 82.0 cm³/mol. The Bertz CT molecular complexity index is 559. The average Bonchev–Trinajstić information content (AvgIpc) is 2.48. The first-order valence-electron chi connectivity index (χ1n) is 7.36. The smallest absolute Gasteiger partial charge is 0.344 e. The van der Waals surface area contributed by atoms with Crippen LogP contribution >= 0.6 is 0 Å². The highest BCUT2D eigenvalue weighted by molar-refractivity contribution is 5.98. The molecule has 0 atom stereocenters. The van der Waals surface area contributed by atoms with Crippen LogP contribution in [-0.2, 0) is 15.8 Å². The van der Waals surface area contributed by atoms with Crippen LogP contribution in [0.25, 0.3) is 0 Å². The van der Waals surface area contributed by atoms with E-state index in [4.69, 9.17) is 0 Å². The molecule has 0 fully saturated rings. The van der Waals surface area contributed by atoms with Gasteiger partial charge in [-0.15, -0.1) is 0 Å². The first-order valence-corrected chi connectivity index (χ1v) is 7.36. The van der Waals surface area contributed by atoms with Crippen LogP contribution in [0.15, 0.2) is 24.3 Å². The second-order valence-corrected chi connectivity index (χ2v) is 5.29. The van der Waals surface area contributed by atoms with E-state index in [1.54, 1.807) is 7.05 Å². The molecule has 1 aromatic rings. The van der Waals surface area contributed by atoms with Crippen LogP contribution in [0.3, 0.4) is 0 Å². The molecule has 0 N–H and O–H groups in total. The molecule has 0 aliphatic carbocycles. The monoisotopic (exact) mass is 330 g/mol. The van der Waals surface area contributed by atoms with E-state index in [0.717, 1.165) is 30.7 Å². The van der Waals surface area contributed by atoms with Crippen LogP contribution in [0, 0.1) is 0 Å². The van der Waals surface area contributed by atoms with E-state index >= 15 is 0 Å². The molecular formula is C16H21F3N2O2. The zero-order valence-electron chi connectivity index (χ0n) is 13.5. The van der Waals surface area contributed by atoms with Gasteiger partial charge in [0, 0.05) is 20.5 Å². The van der Waals surface area contributed by atoms with Crippen LogP contribution in [0.1, 0.15) is 32.3 Å². The van der Waals surface area contributed by atoms with E-state index in [-0.39, 0.29) is 5.69 Å². The molecule has 0 aliphatic rings. The Balaban J connectivity index is 3.05. The van der Waals surface area contributed by atoms with Gasteiger partial charge in [-0.05, 0) is 18.6 Å². The zero-order chi connectivity index (χ0) is 17.6. The van der Waals surface area contributed by atoms with Crippen LogP contribution in [0.2, 0.25) is 0 Å². The van der Waals surface area contributed by atoms with Crippen molar-refractivity contribution in [3.8, 4) is 0 Å². The highest BCUT2D eigenvalue weighted by Crippen LogP contribution is 2.36. The minimum atomic E-state index is -4.60. The van der Waals surface area contributed by atoms with Crippen molar-refractivity contribution in [3.63, 3.8) is 0 Å². The topological polar surface area (TPSA) is 40.6 Å². The Labute approximate surface area is 133 Å². The molecule has 0 saturated carbocycles. The molecule has 0 aromatic heterocycles. The molecule has 0 unspecified atom stereocenters. The minimum Gasteiger partial charge on any atom is -0.344 e. The standard InChI is InChI=1S/C16H21F3N2O2/c1-4-5-10-20(3)15(23)11-21(12(2)22)14-9-7-6-8-13(14)16(17,18)19/h6-9H,4-5,10-11H2,1-3H3. The number of hydrogen-bond donors (Lipinski definition) is 0. The van der Waals surface area contributed by atoms with Crippen molar-refractivity contribution in [1.82, 2.24) is 4.90 Å². The third-order valence-corrected chi connectivity index (χ3v) is 3.45. The van der Waals surface area contributed by atoms with Crippen molar-refractivity contribution in [2.45, 2.75) is 32.9 Å². The van der Waals surface area contributed by atoms with Crippen molar-refractivity contribution in [1.29, 1.82) is 0 Å². The number of nitrogens with zero attached hydrogens (tertiary/aromatic N) is 2. The first kappa shape index (κ1) is 19.0. The van der Waals surface area contributed by atoms with E-state index in [9.17, 15) is 22.8 Å². The Morgan fingerprint density at radius 2 is 1.78 bits per heavy atom. The minimum absolute atomic E-state index is 0.301. The predicted octanol–water partition coefficient (Wildman–Crippen LogP) is 3.32. The summed E-state index contributed by atoms with van der Waals surface area (Å²) in [4.78, 5) is 26.2. The van der Waals surface area contributed by atoms with Gasteiger partial charge in [-0.3, -0.25) is 9.59 Å². The van der Waals surface area contributed by atoms with Gasteiger partial charge >= 0.3 is 6.18 Å². The Hall–Kier alpha value is -2.05. The third kappa shape index (κ3) is 5.26. The summed E-state index contributed by atoms with van der Waals surface area (Å²) in [6.45, 7) is 3.21. The number of carbonyl (C=O) groups excluding carboxylic acids is 2. The number of amides is 2. The lowest BCUT2D eigenvalue weighted by Gasteiger charge is -2.26. The van der Waals surface area contributed by atoms with Crippen molar-refractivity contribution in [2.24, 2.45) is 0 Å². The molecule has 4 nitrogen and oxygen atoms in total. The number of carbonyl (C=O) groups is 2. The maximum atomic E-state index is 13.1. The number of alkyl halides is 3. The second-order valence-electron chi connectivity index (χ2n) is 5.29. The van der Waals surface area contributed by atoms with E-state index < -0.39 is 30.1 Å². The summed E-state index contributed by atoms with van der Waals surface area (Å²) in [6, 6.07) is 4.76. The summed E-state index contributed by atoms with van der Waals surface area (Å²) in [6.07, 6.45) is -2.91. The van der Waals surface area contributed by atoms with Gasteiger partial charge in [0.2, 0.25) is 11.8 Å². The van der Waals surface area contributed by atoms with E-state index in [1.165, 1.54) is 23.1 Å². The van der Waals surface area contributed by atoms with Gasteiger partial charge in [-0.2, -0.15) is 13.2 Å². The van der Waals surface area contributed by atoms with Crippen molar-refractivity contribution in [3.05, 3.63) is 29.8 Å². The van der Waals surface area contributed by atoms with Crippen LogP contribution in [0.4, 0.5) is 18.9 Å². The maximum absolute atomic E-state index is 13.1. The lowest BCUT2D eigenvalue weighted by Crippen LogP contribution is -2.41. The number of para-hydroxylation sites is 1. The third-order valence-electron chi connectivity index (χ3n) is 3.45. The van der Waals surface area contributed by atoms with Crippen molar-refractivity contribution >= 4 is 17.5 Å². The average molecular weight is 330 g/mol. The lowest BCUT2D eigenvalue weighted by atomic mass is 10.1. The second kappa shape index (κ2) is 7.99. The highest BCUT2D eigenvalue weighted by Gasteiger charge is 2.35. The van der Waals surface area contributed by atoms with Gasteiger partial charge in [0.25, 0.3) is 0 Å². The molecule has 128 valence electrons. The summed E-state index contributed by atoms with van der Waals surface area (Å²) in [5, 5.41) is 0. The molecule has 23 heavy (non-hydrogen) atoms. The molecule has 0 heterocycles. The van der Waals surface area contributed by atoms with Crippen LogP contribution < -0.4 is 4.90 Å². The number of unbranched alkanes of at least 4 members (excludes halogenated alkanes) is 1. The maximum Gasteiger partial charge on any atom is 0.418 e. The Morgan fingerprint density at radius 1 is 1.17 bits per heavy atom. The van der Waals surface area contributed by atoms with Gasteiger partial charge in [0.1, 0.15) is 6.54 Å². The first-order chi connectivity index (χ1) is 10.7. The van der Waals surface area contributed by atoms with Crippen molar-refractivity contribution in [2.75, 3.05) is 25.0 Å².